The van der Waals surface area contributed by atoms with Crippen molar-refractivity contribution in [1.29, 1.82) is 0 Å². The highest BCUT2D eigenvalue weighted by Crippen LogP contribution is 2.34. The fourth-order valence-corrected chi connectivity index (χ4v) is 1.85. The zero-order chi connectivity index (χ0) is 14.5. The highest BCUT2D eigenvalue weighted by Gasteiger charge is 2.12. The Kier molecular flexibility index (Phi) is 4.55. The van der Waals surface area contributed by atoms with Crippen LogP contribution in [0.4, 0.5) is 4.39 Å². The van der Waals surface area contributed by atoms with Crippen LogP contribution in [0.1, 0.15) is 11.1 Å². The molecule has 0 fully saturated rings. The number of aliphatic hydroxyl groups excluding tert-OH is 1. The molecular formula is C15H16FNO3. The van der Waals surface area contributed by atoms with Gasteiger partial charge in [-0.2, -0.15) is 0 Å². The van der Waals surface area contributed by atoms with Gasteiger partial charge in [0.2, 0.25) is 0 Å². The van der Waals surface area contributed by atoms with Gasteiger partial charge in [-0.25, -0.2) is 4.39 Å². The third-order valence-corrected chi connectivity index (χ3v) is 2.91. The minimum absolute atomic E-state index is 0.0407. The number of benzene rings is 2. The van der Waals surface area contributed by atoms with Gasteiger partial charge in [0.15, 0.2) is 11.5 Å². The van der Waals surface area contributed by atoms with Gasteiger partial charge in [0.25, 0.3) is 0 Å². The largest absolute Gasteiger partial charge is 0.493 e. The van der Waals surface area contributed by atoms with E-state index in [0.29, 0.717) is 28.4 Å². The van der Waals surface area contributed by atoms with Gasteiger partial charge in [0.05, 0.1) is 13.7 Å². The Labute approximate surface area is 116 Å². The van der Waals surface area contributed by atoms with Gasteiger partial charge < -0.3 is 20.3 Å². The van der Waals surface area contributed by atoms with Crippen LogP contribution in [0, 0.1) is 5.82 Å². The molecule has 2 rings (SSSR count). The number of halogens is 1. The fourth-order valence-electron chi connectivity index (χ4n) is 1.85. The molecule has 2 aromatic carbocycles. The number of nitrogens with two attached hydrogens (primary N) is 1. The second kappa shape index (κ2) is 6.36. The maximum absolute atomic E-state index is 13.6. The van der Waals surface area contributed by atoms with Crippen molar-refractivity contribution < 1.29 is 19.0 Å². The van der Waals surface area contributed by atoms with E-state index in [1.807, 2.05) is 0 Å². The summed E-state index contributed by atoms with van der Waals surface area (Å²) in [4.78, 5) is 0. The van der Waals surface area contributed by atoms with Crippen molar-refractivity contribution in [3.63, 3.8) is 0 Å². The first kappa shape index (κ1) is 14.3. The van der Waals surface area contributed by atoms with Crippen molar-refractivity contribution in [2.24, 2.45) is 5.73 Å². The zero-order valence-electron chi connectivity index (χ0n) is 11.1. The van der Waals surface area contributed by atoms with Crippen LogP contribution in [0.5, 0.6) is 17.2 Å². The van der Waals surface area contributed by atoms with Crippen molar-refractivity contribution in [2.75, 3.05) is 7.11 Å². The summed E-state index contributed by atoms with van der Waals surface area (Å²) in [5.41, 5.74) is 6.54. The predicted octanol–water partition coefficient (Wildman–Crippen LogP) is 2.58. The zero-order valence-corrected chi connectivity index (χ0v) is 11.1. The molecule has 0 aliphatic rings. The summed E-state index contributed by atoms with van der Waals surface area (Å²) in [7, 11) is 1.50. The van der Waals surface area contributed by atoms with E-state index >= 15 is 0 Å². The molecule has 106 valence electrons. The predicted molar refractivity (Wildman–Crippen MR) is 73.3 cm³/mol. The molecule has 0 bridgehead atoms. The molecule has 3 N–H and O–H groups in total. The Bertz CT molecular complexity index is 602. The van der Waals surface area contributed by atoms with Crippen LogP contribution in [-0.4, -0.2) is 12.2 Å². The number of hydrogen-bond acceptors (Lipinski definition) is 4. The molecular weight excluding hydrogens is 261 g/mol. The van der Waals surface area contributed by atoms with Gasteiger partial charge in [-0.15, -0.1) is 0 Å². The third-order valence-electron chi connectivity index (χ3n) is 2.91. The fraction of sp³-hybridized carbons (Fsp3) is 0.200. The van der Waals surface area contributed by atoms with E-state index in [1.54, 1.807) is 30.3 Å². The van der Waals surface area contributed by atoms with Crippen LogP contribution < -0.4 is 15.2 Å². The van der Waals surface area contributed by atoms with Gasteiger partial charge in [0, 0.05) is 12.1 Å². The molecule has 0 unspecified atom stereocenters. The number of rotatable bonds is 5. The summed E-state index contributed by atoms with van der Waals surface area (Å²) in [5.74, 6) is 0.840. The van der Waals surface area contributed by atoms with Crippen LogP contribution in [-0.2, 0) is 13.2 Å². The SMILES string of the molecule is COc1cc(CO)ccc1Oc1cccc(F)c1CN. The molecule has 0 aromatic heterocycles. The van der Waals surface area contributed by atoms with Gasteiger partial charge in [-0.1, -0.05) is 12.1 Å². The van der Waals surface area contributed by atoms with E-state index in [4.69, 9.17) is 20.3 Å². The summed E-state index contributed by atoms with van der Waals surface area (Å²) in [6, 6.07) is 9.57. The van der Waals surface area contributed by atoms with Gasteiger partial charge >= 0.3 is 0 Å². The molecule has 0 spiro atoms. The monoisotopic (exact) mass is 277 g/mol. The molecule has 5 heteroatoms. The second-order valence-electron chi connectivity index (χ2n) is 4.17. The highest BCUT2D eigenvalue weighted by molar-refractivity contribution is 5.47. The van der Waals surface area contributed by atoms with Gasteiger partial charge in [-0.05, 0) is 29.8 Å². The lowest BCUT2D eigenvalue weighted by Crippen LogP contribution is -2.03. The molecule has 0 atom stereocenters. The lowest BCUT2D eigenvalue weighted by molar-refractivity contribution is 0.280. The first-order chi connectivity index (χ1) is 9.69. The Hall–Kier alpha value is -2.11. The lowest BCUT2D eigenvalue weighted by Gasteiger charge is -2.14. The van der Waals surface area contributed by atoms with Crippen LogP contribution in [0.2, 0.25) is 0 Å². The van der Waals surface area contributed by atoms with E-state index in [9.17, 15) is 4.39 Å². The maximum Gasteiger partial charge on any atom is 0.169 e. The number of aliphatic hydroxyl groups is 1. The standard InChI is InChI=1S/C15H16FNO3/c1-19-15-7-10(9-18)5-6-14(15)20-13-4-2-3-12(16)11(13)8-17/h2-7,18H,8-9,17H2,1H3. The molecule has 4 nitrogen and oxygen atoms in total. The minimum atomic E-state index is -0.407. The second-order valence-corrected chi connectivity index (χ2v) is 4.17. The number of methoxy groups -OCH3 is 1. The first-order valence-electron chi connectivity index (χ1n) is 6.12. The topological polar surface area (TPSA) is 64.7 Å². The van der Waals surface area contributed by atoms with E-state index in [1.165, 1.54) is 13.2 Å². The van der Waals surface area contributed by atoms with Crippen LogP contribution >= 0.6 is 0 Å². The van der Waals surface area contributed by atoms with E-state index in [-0.39, 0.29) is 13.2 Å². The van der Waals surface area contributed by atoms with Crippen LogP contribution in [0.15, 0.2) is 36.4 Å². The third kappa shape index (κ3) is 2.89. The van der Waals surface area contributed by atoms with Crippen LogP contribution in [0.25, 0.3) is 0 Å². The average Bonchev–Trinajstić information content (AvgIpc) is 2.48. The maximum atomic E-state index is 13.6. The highest BCUT2D eigenvalue weighted by atomic mass is 19.1. The molecule has 2 aromatic rings. The van der Waals surface area contributed by atoms with Crippen molar-refractivity contribution >= 4 is 0 Å². The lowest BCUT2D eigenvalue weighted by atomic mass is 10.2. The molecule has 0 saturated heterocycles. The summed E-state index contributed by atoms with van der Waals surface area (Å²) in [6.45, 7) is -0.0519. The molecule has 0 amide bonds. The minimum Gasteiger partial charge on any atom is -0.493 e. The number of hydrogen-bond donors (Lipinski definition) is 2. The van der Waals surface area contributed by atoms with Crippen molar-refractivity contribution in [3.05, 3.63) is 53.3 Å². The van der Waals surface area contributed by atoms with Crippen LogP contribution in [0.3, 0.4) is 0 Å². The van der Waals surface area contributed by atoms with E-state index < -0.39 is 5.82 Å². The summed E-state index contributed by atoms with van der Waals surface area (Å²) in [5, 5.41) is 9.09. The Morgan fingerprint density at radius 2 is 1.95 bits per heavy atom. The summed E-state index contributed by atoms with van der Waals surface area (Å²) in [6.07, 6.45) is 0. The normalized spacial score (nSPS) is 10.4. The van der Waals surface area contributed by atoms with Gasteiger partial charge in [0.1, 0.15) is 11.6 Å². The smallest absolute Gasteiger partial charge is 0.169 e. The quantitative estimate of drug-likeness (QED) is 0.881. The van der Waals surface area contributed by atoms with Gasteiger partial charge in [-0.3, -0.25) is 0 Å². The molecule has 0 aliphatic heterocycles. The van der Waals surface area contributed by atoms with Crippen molar-refractivity contribution in [2.45, 2.75) is 13.2 Å². The number of ether oxygens (including phenoxy) is 2. The molecule has 20 heavy (non-hydrogen) atoms. The Morgan fingerprint density at radius 3 is 2.60 bits per heavy atom. The molecule has 0 heterocycles. The van der Waals surface area contributed by atoms with Crippen molar-refractivity contribution in [3.8, 4) is 17.2 Å². The van der Waals surface area contributed by atoms with Crippen molar-refractivity contribution in [1.82, 2.24) is 0 Å². The average molecular weight is 277 g/mol. The Balaban J connectivity index is 2.37. The van der Waals surface area contributed by atoms with E-state index in [0.717, 1.165) is 0 Å². The first-order valence-corrected chi connectivity index (χ1v) is 6.12. The summed E-state index contributed by atoms with van der Waals surface area (Å²) < 4.78 is 24.5. The molecule has 0 aliphatic carbocycles. The summed E-state index contributed by atoms with van der Waals surface area (Å²) >= 11 is 0. The molecule has 0 radical (unpaired) electrons. The van der Waals surface area contributed by atoms with E-state index in [2.05, 4.69) is 0 Å². The molecule has 0 saturated carbocycles. The Morgan fingerprint density at radius 1 is 1.15 bits per heavy atom.